The molecule has 0 bridgehead atoms. The molecule has 3 N–H and O–H groups in total. The van der Waals surface area contributed by atoms with Crippen LogP contribution in [0.1, 0.15) is 373 Å². The topological polar surface area (TPSA) is 95.9 Å². The lowest BCUT2D eigenvalue weighted by molar-refractivity contribution is -0.143. The summed E-state index contributed by atoms with van der Waals surface area (Å²) in [6, 6.07) is -0.540. The number of ether oxygens (including phenoxy) is 1. The van der Waals surface area contributed by atoms with Crippen molar-refractivity contribution in [3.05, 3.63) is 36.5 Å². The number of rotatable bonds is 64. The zero-order valence-corrected chi connectivity index (χ0v) is 51.3. The number of nitrogens with one attached hydrogen (secondary N) is 1. The Kier molecular flexibility index (Phi) is 63.9. The van der Waals surface area contributed by atoms with Crippen LogP contribution in [-0.4, -0.2) is 47.4 Å². The molecule has 0 rings (SSSR count). The average Bonchev–Trinajstić information content (AvgIpc) is 3.42. The molecule has 76 heavy (non-hydrogen) atoms. The van der Waals surface area contributed by atoms with Crippen molar-refractivity contribution in [2.24, 2.45) is 0 Å². The highest BCUT2D eigenvalue weighted by atomic mass is 16.5. The van der Waals surface area contributed by atoms with Gasteiger partial charge in [-0.1, -0.05) is 314 Å². The van der Waals surface area contributed by atoms with E-state index >= 15 is 0 Å². The number of esters is 1. The third kappa shape index (κ3) is 61.3. The Balaban J connectivity index is 3.36. The Morgan fingerprint density at radius 2 is 0.658 bits per heavy atom. The largest absolute Gasteiger partial charge is 0.466 e. The fraction of sp³-hybridized carbons (Fsp3) is 0.886. The van der Waals surface area contributed by atoms with Gasteiger partial charge in [0.25, 0.3) is 0 Å². The van der Waals surface area contributed by atoms with Gasteiger partial charge in [0, 0.05) is 12.8 Å². The second-order valence-corrected chi connectivity index (χ2v) is 23.5. The number of hydrogen-bond acceptors (Lipinski definition) is 5. The molecule has 1 amide bonds. The lowest BCUT2D eigenvalue weighted by atomic mass is 10.0. The molecule has 0 aliphatic rings. The Morgan fingerprint density at radius 3 is 1.03 bits per heavy atom. The standard InChI is InChI=1S/C70H133NO5/c1-3-5-7-9-11-13-15-17-18-36-40-44-48-52-56-60-64-70(75)76-65-61-57-53-49-45-41-37-34-32-30-28-26-24-22-20-19-21-23-25-27-29-31-33-35-39-43-47-51-55-59-63-69(74)71-67(66-72)68(73)62-58-54-50-46-42-38-16-14-12-10-8-6-4-2/h13,15,18,20,22,36,67-68,72-73H,3-12,14,16-17,19,21,23-35,37-66H2,1-2H3,(H,71,74)/b15-13-,22-20-,36-18-. The fourth-order valence-corrected chi connectivity index (χ4v) is 10.7. The molecule has 0 saturated heterocycles. The van der Waals surface area contributed by atoms with Crippen LogP contribution < -0.4 is 5.32 Å². The summed E-state index contributed by atoms with van der Waals surface area (Å²) >= 11 is 0. The molecule has 0 aliphatic carbocycles. The third-order valence-corrected chi connectivity index (χ3v) is 15.9. The van der Waals surface area contributed by atoms with E-state index in [1.807, 2.05) is 0 Å². The summed E-state index contributed by atoms with van der Waals surface area (Å²) in [6.45, 7) is 4.95. The van der Waals surface area contributed by atoms with Gasteiger partial charge in [0.1, 0.15) is 0 Å². The van der Waals surface area contributed by atoms with E-state index in [1.54, 1.807) is 0 Å². The van der Waals surface area contributed by atoms with E-state index < -0.39 is 12.1 Å². The van der Waals surface area contributed by atoms with Crippen LogP contribution in [0.5, 0.6) is 0 Å². The summed E-state index contributed by atoms with van der Waals surface area (Å²) in [4.78, 5) is 24.6. The van der Waals surface area contributed by atoms with Crippen molar-refractivity contribution in [3.63, 3.8) is 0 Å². The van der Waals surface area contributed by atoms with Crippen molar-refractivity contribution in [1.29, 1.82) is 0 Å². The number of aliphatic hydroxyl groups is 2. The van der Waals surface area contributed by atoms with Crippen LogP contribution in [0.4, 0.5) is 0 Å². The second kappa shape index (κ2) is 65.6. The van der Waals surface area contributed by atoms with Crippen molar-refractivity contribution in [1.82, 2.24) is 5.32 Å². The van der Waals surface area contributed by atoms with Crippen LogP contribution in [-0.2, 0) is 14.3 Å². The molecule has 2 atom stereocenters. The van der Waals surface area contributed by atoms with Gasteiger partial charge in [0.15, 0.2) is 0 Å². The summed E-state index contributed by atoms with van der Waals surface area (Å²) in [5, 5.41) is 23.3. The van der Waals surface area contributed by atoms with E-state index in [2.05, 4.69) is 55.6 Å². The number of allylic oxidation sites excluding steroid dienone is 6. The summed E-state index contributed by atoms with van der Waals surface area (Å²) < 4.78 is 5.49. The summed E-state index contributed by atoms with van der Waals surface area (Å²) in [5.74, 6) is -0.0283. The van der Waals surface area contributed by atoms with Crippen LogP contribution in [0.2, 0.25) is 0 Å². The fourth-order valence-electron chi connectivity index (χ4n) is 10.7. The second-order valence-electron chi connectivity index (χ2n) is 23.5. The van der Waals surface area contributed by atoms with Gasteiger partial charge in [-0.15, -0.1) is 0 Å². The monoisotopic (exact) mass is 1070 g/mol. The van der Waals surface area contributed by atoms with Gasteiger partial charge in [-0.3, -0.25) is 9.59 Å². The molecule has 0 aromatic heterocycles. The Bertz CT molecular complexity index is 1230. The van der Waals surface area contributed by atoms with Gasteiger partial charge in [-0.05, 0) is 83.5 Å². The molecule has 0 heterocycles. The highest BCUT2D eigenvalue weighted by Crippen LogP contribution is 2.18. The Morgan fingerprint density at radius 1 is 0.368 bits per heavy atom. The number of amides is 1. The van der Waals surface area contributed by atoms with E-state index in [9.17, 15) is 19.8 Å². The van der Waals surface area contributed by atoms with E-state index in [-0.39, 0.29) is 18.5 Å². The highest BCUT2D eigenvalue weighted by molar-refractivity contribution is 5.76. The third-order valence-electron chi connectivity index (χ3n) is 15.9. The maximum absolute atomic E-state index is 12.5. The first kappa shape index (κ1) is 74.1. The summed E-state index contributed by atoms with van der Waals surface area (Å²) in [6.07, 6.45) is 83.3. The number of hydrogen-bond donors (Lipinski definition) is 3. The van der Waals surface area contributed by atoms with Gasteiger partial charge in [0.05, 0.1) is 25.4 Å². The predicted molar refractivity (Wildman–Crippen MR) is 333 cm³/mol. The Labute approximate surface area is 474 Å². The first-order valence-corrected chi connectivity index (χ1v) is 34.2. The van der Waals surface area contributed by atoms with Gasteiger partial charge >= 0.3 is 5.97 Å². The lowest BCUT2D eigenvalue weighted by Gasteiger charge is -2.22. The molecule has 0 aromatic rings. The maximum Gasteiger partial charge on any atom is 0.305 e. The quantitative estimate of drug-likeness (QED) is 0.0320. The van der Waals surface area contributed by atoms with E-state index in [1.165, 1.54) is 289 Å². The summed E-state index contributed by atoms with van der Waals surface area (Å²) in [5.41, 5.74) is 0. The molecule has 6 nitrogen and oxygen atoms in total. The van der Waals surface area contributed by atoms with Crippen LogP contribution in [0, 0.1) is 0 Å². The van der Waals surface area contributed by atoms with Crippen molar-refractivity contribution in [2.45, 2.75) is 386 Å². The average molecular weight is 1070 g/mol. The minimum absolute atomic E-state index is 0.00384. The zero-order valence-electron chi connectivity index (χ0n) is 51.3. The first-order chi connectivity index (χ1) is 37.5. The van der Waals surface area contributed by atoms with Crippen LogP contribution >= 0.6 is 0 Å². The molecule has 0 saturated carbocycles. The minimum atomic E-state index is -0.662. The van der Waals surface area contributed by atoms with Crippen LogP contribution in [0.3, 0.4) is 0 Å². The highest BCUT2D eigenvalue weighted by Gasteiger charge is 2.20. The molecule has 2 unspecified atom stereocenters. The minimum Gasteiger partial charge on any atom is -0.466 e. The zero-order chi connectivity index (χ0) is 55.0. The lowest BCUT2D eigenvalue weighted by Crippen LogP contribution is -2.45. The van der Waals surface area contributed by atoms with E-state index in [0.717, 1.165) is 51.4 Å². The molecule has 0 radical (unpaired) electrons. The van der Waals surface area contributed by atoms with Gasteiger partial charge in [-0.25, -0.2) is 0 Å². The van der Waals surface area contributed by atoms with Crippen molar-refractivity contribution < 1.29 is 24.5 Å². The molecule has 0 fully saturated rings. The van der Waals surface area contributed by atoms with Crippen molar-refractivity contribution in [2.75, 3.05) is 13.2 Å². The molecular weight excluding hydrogens is 935 g/mol. The van der Waals surface area contributed by atoms with Gasteiger partial charge in [0.2, 0.25) is 5.91 Å². The molecule has 0 aromatic carbocycles. The number of carbonyl (C=O) groups excluding carboxylic acids is 2. The molecule has 0 aliphatic heterocycles. The van der Waals surface area contributed by atoms with Crippen LogP contribution in [0.25, 0.3) is 0 Å². The van der Waals surface area contributed by atoms with Gasteiger partial charge in [-0.2, -0.15) is 0 Å². The molecule has 448 valence electrons. The molecular formula is C70H133NO5. The molecule has 6 heteroatoms. The van der Waals surface area contributed by atoms with Crippen molar-refractivity contribution >= 4 is 11.9 Å². The smallest absolute Gasteiger partial charge is 0.305 e. The SMILES string of the molecule is CCCCCC/C=C\C/C=C\CCCCCCCC(=O)OCCCCCCCCCCCCCC/C=C\CCCCCCCCCCCCCCCCC(=O)NC(CO)C(O)CCCCCCCCCCCCCCC. The number of aliphatic hydroxyl groups excluding tert-OH is 2. The predicted octanol–water partition coefficient (Wildman–Crippen LogP) is 21.9. The van der Waals surface area contributed by atoms with E-state index in [0.29, 0.717) is 25.9 Å². The Hall–Kier alpha value is -1.92. The van der Waals surface area contributed by atoms with Gasteiger partial charge < -0.3 is 20.3 Å². The van der Waals surface area contributed by atoms with E-state index in [4.69, 9.17) is 4.74 Å². The number of carbonyl (C=O) groups is 2. The molecule has 0 spiro atoms. The summed E-state index contributed by atoms with van der Waals surface area (Å²) in [7, 11) is 0. The van der Waals surface area contributed by atoms with Crippen molar-refractivity contribution in [3.8, 4) is 0 Å². The van der Waals surface area contributed by atoms with Crippen LogP contribution in [0.15, 0.2) is 36.5 Å². The normalized spacial score (nSPS) is 12.7. The number of unbranched alkanes of at least 4 members (excludes halogenated alkanes) is 47. The first-order valence-electron chi connectivity index (χ1n) is 34.2. The maximum atomic E-state index is 12.5.